The summed E-state index contributed by atoms with van der Waals surface area (Å²) in [6, 6.07) is 15.0. The van der Waals surface area contributed by atoms with Gasteiger partial charge in [-0.15, -0.1) is 0 Å². The fourth-order valence-electron chi connectivity index (χ4n) is 1.67. The molecule has 0 atom stereocenters. The molecule has 2 aromatic carbocycles. The van der Waals surface area contributed by atoms with Crippen molar-refractivity contribution in [3.05, 3.63) is 64.1 Å². The van der Waals surface area contributed by atoms with Crippen LogP contribution in [0.25, 0.3) is 0 Å². The lowest BCUT2D eigenvalue weighted by Crippen LogP contribution is -2.12. The van der Waals surface area contributed by atoms with E-state index in [1.165, 1.54) is 0 Å². The second-order valence-corrected chi connectivity index (χ2v) is 4.81. The lowest BCUT2D eigenvalue weighted by Gasteiger charge is -2.08. The lowest BCUT2D eigenvalue weighted by molar-refractivity contribution is 0.0920. The van der Waals surface area contributed by atoms with Crippen LogP contribution in [0.1, 0.15) is 15.9 Å². The van der Waals surface area contributed by atoms with Crippen molar-refractivity contribution in [2.45, 2.75) is 6.92 Å². The van der Waals surface area contributed by atoms with Crippen molar-refractivity contribution in [2.24, 2.45) is 0 Å². The number of benzene rings is 2. The molecule has 92 valence electrons. The molecule has 3 heteroatoms. The standard InChI is InChI=1S/C15H13BrO2/c1-11-6-2-3-7-12(11)14(17)10-18-15-9-5-4-8-13(15)16/h2-9H,10H2,1H3. The number of rotatable bonds is 4. The van der Waals surface area contributed by atoms with Gasteiger partial charge in [-0.3, -0.25) is 4.79 Å². The molecule has 0 unspecified atom stereocenters. The minimum absolute atomic E-state index is 0.0103. The molecule has 2 nitrogen and oxygen atoms in total. The van der Waals surface area contributed by atoms with E-state index in [0.717, 1.165) is 10.0 Å². The first-order valence-electron chi connectivity index (χ1n) is 5.64. The number of para-hydroxylation sites is 1. The Hall–Kier alpha value is -1.61. The molecule has 0 aliphatic carbocycles. The van der Waals surface area contributed by atoms with Gasteiger partial charge in [0.15, 0.2) is 12.4 Å². The van der Waals surface area contributed by atoms with E-state index in [1.807, 2.05) is 55.5 Å². The third-order valence-corrected chi connectivity index (χ3v) is 3.30. The van der Waals surface area contributed by atoms with E-state index >= 15 is 0 Å². The minimum Gasteiger partial charge on any atom is -0.484 e. The number of aryl methyl sites for hydroxylation is 1. The molecular weight excluding hydrogens is 292 g/mol. The summed E-state index contributed by atoms with van der Waals surface area (Å²) in [6.45, 7) is 1.97. The Morgan fingerprint density at radius 1 is 1.11 bits per heavy atom. The average Bonchev–Trinajstić information content (AvgIpc) is 2.38. The number of carbonyl (C=O) groups is 1. The van der Waals surface area contributed by atoms with Gasteiger partial charge in [0.2, 0.25) is 0 Å². The zero-order chi connectivity index (χ0) is 13.0. The van der Waals surface area contributed by atoms with Gasteiger partial charge in [-0.2, -0.15) is 0 Å². The monoisotopic (exact) mass is 304 g/mol. The van der Waals surface area contributed by atoms with E-state index in [4.69, 9.17) is 4.74 Å². The Labute approximate surface area is 115 Å². The van der Waals surface area contributed by atoms with Gasteiger partial charge in [0.25, 0.3) is 0 Å². The van der Waals surface area contributed by atoms with Gasteiger partial charge in [-0.25, -0.2) is 0 Å². The Kier molecular flexibility index (Phi) is 4.15. The van der Waals surface area contributed by atoms with Crippen LogP contribution in [0.5, 0.6) is 5.75 Å². The number of Topliss-reactive ketones (excluding diaryl/α,β-unsaturated/α-hetero) is 1. The molecule has 0 heterocycles. The Bertz CT molecular complexity index is 564. The zero-order valence-corrected chi connectivity index (χ0v) is 11.6. The molecule has 0 aliphatic heterocycles. The van der Waals surface area contributed by atoms with Crippen LogP contribution in [0, 0.1) is 6.92 Å². The van der Waals surface area contributed by atoms with Crippen molar-refractivity contribution in [3.8, 4) is 5.75 Å². The minimum atomic E-state index is -0.0103. The van der Waals surface area contributed by atoms with Crippen molar-refractivity contribution in [3.63, 3.8) is 0 Å². The highest BCUT2D eigenvalue weighted by Gasteiger charge is 2.09. The maximum atomic E-state index is 12.0. The number of ether oxygens (including phenoxy) is 1. The Balaban J connectivity index is 2.06. The van der Waals surface area contributed by atoms with Crippen LogP contribution in [0.2, 0.25) is 0 Å². The van der Waals surface area contributed by atoms with E-state index in [2.05, 4.69) is 15.9 Å². The second kappa shape index (κ2) is 5.83. The van der Waals surface area contributed by atoms with Gasteiger partial charge < -0.3 is 4.74 Å². The molecule has 0 saturated heterocycles. The van der Waals surface area contributed by atoms with Crippen LogP contribution in [0.3, 0.4) is 0 Å². The molecule has 2 rings (SSSR count). The highest BCUT2D eigenvalue weighted by Crippen LogP contribution is 2.23. The summed E-state index contributed by atoms with van der Waals surface area (Å²) in [5.41, 5.74) is 1.68. The predicted molar refractivity (Wildman–Crippen MR) is 75.1 cm³/mol. The van der Waals surface area contributed by atoms with Crippen LogP contribution in [-0.4, -0.2) is 12.4 Å². The summed E-state index contributed by atoms with van der Waals surface area (Å²) >= 11 is 3.38. The quantitative estimate of drug-likeness (QED) is 0.798. The van der Waals surface area contributed by atoms with Gasteiger partial charge in [-0.1, -0.05) is 36.4 Å². The van der Waals surface area contributed by atoms with E-state index in [1.54, 1.807) is 0 Å². The molecule has 0 radical (unpaired) electrons. The molecule has 2 aromatic rings. The molecule has 0 fully saturated rings. The first-order valence-corrected chi connectivity index (χ1v) is 6.44. The van der Waals surface area contributed by atoms with Gasteiger partial charge in [0.1, 0.15) is 5.75 Å². The van der Waals surface area contributed by atoms with E-state index in [9.17, 15) is 4.79 Å². The fourth-order valence-corrected chi connectivity index (χ4v) is 2.07. The Morgan fingerprint density at radius 2 is 1.78 bits per heavy atom. The summed E-state index contributed by atoms with van der Waals surface area (Å²) in [7, 11) is 0. The SMILES string of the molecule is Cc1ccccc1C(=O)COc1ccccc1Br. The second-order valence-electron chi connectivity index (χ2n) is 3.96. The topological polar surface area (TPSA) is 26.3 Å². The first kappa shape index (κ1) is 12.8. The smallest absolute Gasteiger partial charge is 0.200 e. The third kappa shape index (κ3) is 2.99. The summed E-state index contributed by atoms with van der Waals surface area (Å²) in [5, 5.41) is 0. The van der Waals surface area contributed by atoms with Crippen molar-refractivity contribution >= 4 is 21.7 Å². The van der Waals surface area contributed by atoms with Crippen LogP contribution in [0.15, 0.2) is 53.0 Å². The maximum absolute atomic E-state index is 12.0. The Morgan fingerprint density at radius 3 is 2.50 bits per heavy atom. The summed E-state index contributed by atoms with van der Waals surface area (Å²) in [5.74, 6) is 0.670. The molecule has 0 spiro atoms. The summed E-state index contributed by atoms with van der Waals surface area (Å²) in [6.07, 6.45) is 0. The third-order valence-electron chi connectivity index (χ3n) is 2.64. The van der Waals surface area contributed by atoms with Crippen molar-refractivity contribution < 1.29 is 9.53 Å². The molecule has 0 aliphatic rings. The first-order chi connectivity index (χ1) is 8.68. The van der Waals surface area contributed by atoms with Crippen molar-refractivity contribution in [1.82, 2.24) is 0 Å². The zero-order valence-electron chi connectivity index (χ0n) is 10.0. The van der Waals surface area contributed by atoms with Gasteiger partial charge in [0, 0.05) is 5.56 Å². The largest absolute Gasteiger partial charge is 0.484 e. The predicted octanol–water partition coefficient (Wildman–Crippen LogP) is 4.02. The van der Waals surface area contributed by atoms with Crippen LogP contribution in [-0.2, 0) is 0 Å². The number of carbonyl (C=O) groups excluding carboxylic acids is 1. The summed E-state index contributed by atoms with van der Waals surface area (Å²) < 4.78 is 6.36. The summed E-state index contributed by atoms with van der Waals surface area (Å²) in [4.78, 5) is 12.0. The molecule has 0 saturated carbocycles. The van der Waals surface area contributed by atoms with Gasteiger partial charge >= 0.3 is 0 Å². The molecular formula is C15H13BrO2. The normalized spacial score (nSPS) is 10.1. The number of ketones is 1. The number of halogens is 1. The van der Waals surface area contributed by atoms with E-state index in [-0.39, 0.29) is 12.4 Å². The number of hydrogen-bond acceptors (Lipinski definition) is 2. The maximum Gasteiger partial charge on any atom is 0.200 e. The van der Waals surface area contributed by atoms with Crippen LogP contribution >= 0.6 is 15.9 Å². The van der Waals surface area contributed by atoms with Crippen LogP contribution < -0.4 is 4.74 Å². The number of hydrogen-bond donors (Lipinski definition) is 0. The van der Waals surface area contributed by atoms with Crippen molar-refractivity contribution in [1.29, 1.82) is 0 Å². The van der Waals surface area contributed by atoms with E-state index < -0.39 is 0 Å². The van der Waals surface area contributed by atoms with E-state index in [0.29, 0.717) is 11.3 Å². The highest BCUT2D eigenvalue weighted by molar-refractivity contribution is 9.10. The molecule has 0 N–H and O–H groups in total. The highest BCUT2D eigenvalue weighted by atomic mass is 79.9. The molecule has 0 aromatic heterocycles. The fraction of sp³-hybridized carbons (Fsp3) is 0.133. The lowest BCUT2D eigenvalue weighted by atomic mass is 10.1. The van der Waals surface area contributed by atoms with Crippen molar-refractivity contribution in [2.75, 3.05) is 6.61 Å². The average molecular weight is 305 g/mol. The molecule has 18 heavy (non-hydrogen) atoms. The molecule has 0 amide bonds. The van der Waals surface area contributed by atoms with Gasteiger partial charge in [0.05, 0.1) is 4.47 Å². The molecule has 0 bridgehead atoms. The van der Waals surface area contributed by atoms with Gasteiger partial charge in [-0.05, 0) is 40.5 Å². The van der Waals surface area contributed by atoms with Crippen LogP contribution in [0.4, 0.5) is 0 Å².